The number of hydrogen-bond acceptors (Lipinski definition) is 4. The van der Waals surface area contributed by atoms with Gasteiger partial charge in [0, 0.05) is 39.1 Å². The van der Waals surface area contributed by atoms with Crippen LogP contribution in [0.2, 0.25) is 0 Å². The number of methoxy groups -OCH3 is 1. The van der Waals surface area contributed by atoms with Gasteiger partial charge in [0.05, 0.1) is 13.0 Å². The number of piperidine rings is 1. The van der Waals surface area contributed by atoms with Crippen LogP contribution in [0.5, 0.6) is 0 Å². The molecule has 2 fully saturated rings. The fourth-order valence-corrected chi connectivity index (χ4v) is 3.66. The molecule has 1 heterocycles. The van der Waals surface area contributed by atoms with Gasteiger partial charge in [-0.2, -0.15) is 0 Å². The van der Waals surface area contributed by atoms with Crippen LogP contribution in [0.4, 0.5) is 0 Å². The maximum atomic E-state index is 12.1. The van der Waals surface area contributed by atoms with E-state index in [9.17, 15) is 9.59 Å². The zero-order valence-electron chi connectivity index (χ0n) is 16.0. The Bertz CT molecular complexity index is 473. The molecule has 1 aliphatic carbocycles. The second-order valence-corrected chi connectivity index (χ2v) is 6.91. The van der Waals surface area contributed by atoms with Crippen LogP contribution in [0, 0.1) is 5.92 Å². The fourth-order valence-electron chi connectivity index (χ4n) is 3.66. The summed E-state index contributed by atoms with van der Waals surface area (Å²) < 4.78 is 4.82. The van der Waals surface area contributed by atoms with Crippen LogP contribution < -0.4 is 10.6 Å². The van der Waals surface area contributed by atoms with Crippen LogP contribution in [0.15, 0.2) is 4.99 Å². The molecule has 2 N–H and O–H groups in total. The number of ether oxygens (including phenoxy) is 1. The average molecular weight is 480 g/mol. The van der Waals surface area contributed by atoms with E-state index in [-0.39, 0.29) is 41.8 Å². The summed E-state index contributed by atoms with van der Waals surface area (Å²) in [7, 11) is 3.18. The number of carbonyl (C=O) groups is 2. The molecule has 2 aliphatic rings. The van der Waals surface area contributed by atoms with E-state index >= 15 is 0 Å². The predicted molar refractivity (Wildman–Crippen MR) is 113 cm³/mol. The lowest BCUT2D eigenvalue weighted by atomic mass is 9.95. The minimum Gasteiger partial charge on any atom is -0.469 e. The summed E-state index contributed by atoms with van der Waals surface area (Å²) in [6, 6.07) is 0.359. The number of aliphatic imine (C=N–C) groups is 1. The maximum Gasteiger partial charge on any atom is 0.308 e. The summed E-state index contributed by atoms with van der Waals surface area (Å²) in [4.78, 5) is 30.1. The van der Waals surface area contributed by atoms with Crippen molar-refractivity contribution >= 4 is 41.8 Å². The van der Waals surface area contributed by atoms with Gasteiger partial charge in [0.2, 0.25) is 5.91 Å². The van der Waals surface area contributed by atoms with E-state index in [1.807, 2.05) is 0 Å². The Morgan fingerprint density at radius 2 is 1.77 bits per heavy atom. The Morgan fingerprint density at radius 1 is 1.12 bits per heavy atom. The minimum absolute atomic E-state index is 0. The number of nitrogens with zero attached hydrogens (tertiary/aromatic N) is 2. The molecule has 0 atom stereocenters. The van der Waals surface area contributed by atoms with Gasteiger partial charge in [-0.15, -0.1) is 24.0 Å². The number of nitrogens with one attached hydrogen (secondary N) is 2. The average Bonchev–Trinajstić information content (AvgIpc) is 2.65. The molecule has 1 saturated carbocycles. The molecule has 0 radical (unpaired) electrons. The molecule has 7 nitrogen and oxygen atoms in total. The van der Waals surface area contributed by atoms with E-state index in [4.69, 9.17) is 4.74 Å². The van der Waals surface area contributed by atoms with E-state index in [1.54, 1.807) is 7.05 Å². The highest BCUT2D eigenvalue weighted by Gasteiger charge is 2.27. The van der Waals surface area contributed by atoms with E-state index < -0.39 is 0 Å². The number of likely N-dealkylation sites (tertiary alicyclic amines) is 1. The Hall–Kier alpha value is -1.06. The first-order chi connectivity index (χ1) is 12.1. The van der Waals surface area contributed by atoms with E-state index in [1.165, 1.54) is 26.4 Å². The maximum absolute atomic E-state index is 12.1. The molecule has 8 heteroatoms. The largest absolute Gasteiger partial charge is 0.469 e. The monoisotopic (exact) mass is 480 g/mol. The summed E-state index contributed by atoms with van der Waals surface area (Å²) >= 11 is 0. The quantitative estimate of drug-likeness (QED) is 0.272. The number of amides is 1. The molecule has 0 aromatic heterocycles. The molecule has 26 heavy (non-hydrogen) atoms. The molecule has 1 amide bonds. The van der Waals surface area contributed by atoms with Gasteiger partial charge in [0.25, 0.3) is 0 Å². The number of hydrogen-bond donors (Lipinski definition) is 2. The van der Waals surface area contributed by atoms with Crippen LogP contribution in [0.25, 0.3) is 0 Å². The first-order valence-electron chi connectivity index (χ1n) is 9.46. The van der Waals surface area contributed by atoms with Crippen molar-refractivity contribution in [2.75, 3.05) is 33.8 Å². The third-order valence-electron chi connectivity index (χ3n) is 5.15. The summed E-state index contributed by atoms with van der Waals surface area (Å²) in [5.41, 5.74) is 0. The SMILES string of the molecule is CN=C(NCCC(=O)NC1CCCCC1)N1CCC(C(=O)OC)CC1.I. The van der Waals surface area contributed by atoms with E-state index in [0.717, 1.165) is 44.7 Å². The van der Waals surface area contributed by atoms with Gasteiger partial charge >= 0.3 is 5.97 Å². The van der Waals surface area contributed by atoms with Crippen LogP contribution >= 0.6 is 24.0 Å². The molecule has 0 aromatic carbocycles. The molecule has 0 unspecified atom stereocenters. The highest BCUT2D eigenvalue weighted by atomic mass is 127. The lowest BCUT2D eigenvalue weighted by Crippen LogP contribution is -2.47. The molecule has 150 valence electrons. The first-order valence-corrected chi connectivity index (χ1v) is 9.46. The highest BCUT2D eigenvalue weighted by Crippen LogP contribution is 2.19. The molecule has 0 spiro atoms. The molecule has 1 aliphatic heterocycles. The second-order valence-electron chi connectivity index (χ2n) is 6.91. The molecule has 2 rings (SSSR count). The van der Waals surface area contributed by atoms with Crippen molar-refractivity contribution in [3.8, 4) is 0 Å². The van der Waals surface area contributed by atoms with Gasteiger partial charge in [0.1, 0.15) is 0 Å². The Kier molecular flexibility index (Phi) is 10.9. The topological polar surface area (TPSA) is 83.0 Å². The summed E-state index contributed by atoms with van der Waals surface area (Å²) in [5, 5.41) is 6.40. The third kappa shape index (κ3) is 7.28. The van der Waals surface area contributed by atoms with Crippen molar-refractivity contribution in [2.45, 2.75) is 57.4 Å². The number of rotatable bonds is 5. The van der Waals surface area contributed by atoms with Gasteiger partial charge in [0.15, 0.2) is 5.96 Å². The van der Waals surface area contributed by atoms with Crippen molar-refractivity contribution in [2.24, 2.45) is 10.9 Å². The van der Waals surface area contributed by atoms with Crippen LogP contribution in [-0.2, 0) is 14.3 Å². The summed E-state index contributed by atoms with van der Waals surface area (Å²) in [5.74, 6) is 0.774. The molecule has 1 saturated heterocycles. The predicted octanol–water partition coefficient (Wildman–Crippen LogP) is 1.90. The van der Waals surface area contributed by atoms with Crippen LogP contribution in [0.3, 0.4) is 0 Å². The van der Waals surface area contributed by atoms with Crippen molar-refractivity contribution in [3.05, 3.63) is 0 Å². The molecule has 0 aromatic rings. The highest BCUT2D eigenvalue weighted by molar-refractivity contribution is 14.0. The first kappa shape index (κ1) is 23.0. The van der Waals surface area contributed by atoms with Crippen molar-refractivity contribution in [1.29, 1.82) is 0 Å². The number of carbonyl (C=O) groups excluding carboxylic acids is 2. The number of halogens is 1. The van der Waals surface area contributed by atoms with Crippen molar-refractivity contribution < 1.29 is 14.3 Å². The van der Waals surface area contributed by atoms with Crippen LogP contribution in [-0.4, -0.2) is 62.6 Å². The third-order valence-corrected chi connectivity index (χ3v) is 5.15. The Balaban J connectivity index is 0.00000338. The lowest BCUT2D eigenvalue weighted by molar-refractivity contribution is -0.146. The van der Waals surface area contributed by atoms with Crippen LogP contribution in [0.1, 0.15) is 51.4 Å². The van der Waals surface area contributed by atoms with Crippen molar-refractivity contribution in [3.63, 3.8) is 0 Å². The van der Waals surface area contributed by atoms with Gasteiger partial charge in [-0.05, 0) is 25.7 Å². The minimum atomic E-state index is -0.123. The van der Waals surface area contributed by atoms with Gasteiger partial charge in [-0.1, -0.05) is 19.3 Å². The molecular weight excluding hydrogens is 447 g/mol. The standard InChI is InChI=1S/C18H32N4O3.HI/c1-19-18(22-12-9-14(10-13-22)17(24)25-2)20-11-8-16(23)21-15-6-4-3-5-7-15;/h14-15H,3-13H2,1-2H3,(H,19,20)(H,21,23);1H. The Labute approximate surface area is 173 Å². The zero-order chi connectivity index (χ0) is 18.1. The summed E-state index contributed by atoms with van der Waals surface area (Å²) in [6.45, 7) is 2.11. The fraction of sp³-hybridized carbons (Fsp3) is 0.833. The zero-order valence-corrected chi connectivity index (χ0v) is 18.3. The van der Waals surface area contributed by atoms with Gasteiger partial charge < -0.3 is 20.3 Å². The lowest BCUT2D eigenvalue weighted by Gasteiger charge is -2.33. The number of esters is 1. The van der Waals surface area contributed by atoms with Gasteiger partial charge in [-0.3, -0.25) is 14.6 Å². The van der Waals surface area contributed by atoms with E-state index in [2.05, 4.69) is 20.5 Å². The molecular formula is C18H33IN4O3. The van der Waals surface area contributed by atoms with Crippen molar-refractivity contribution in [1.82, 2.24) is 15.5 Å². The molecule has 0 bridgehead atoms. The summed E-state index contributed by atoms with van der Waals surface area (Å²) in [6.07, 6.45) is 7.94. The van der Waals surface area contributed by atoms with Gasteiger partial charge in [-0.25, -0.2) is 0 Å². The smallest absolute Gasteiger partial charge is 0.308 e. The Morgan fingerprint density at radius 3 is 2.35 bits per heavy atom. The van der Waals surface area contributed by atoms with E-state index in [0.29, 0.717) is 19.0 Å². The number of guanidine groups is 1. The normalized spacial score (nSPS) is 19.5. The second kappa shape index (κ2) is 12.3.